The summed E-state index contributed by atoms with van der Waals surface area (Å²) in [5.41, 5.74) is 2.22. The first-order valence-corrected chi connectivity index (χ1v) is 9.29. The van der Waals surface area contributed by atoms with Gasteiger partial charge in [-0.1, -0.05) is 48.0 Å². The zero-order valence-corrected chi connectivity index (χ0v) is 16.3. The molecule has 6 heteroatoms. The number of halogens is 1. The van der Waals surface area contributed by atoms with Crippen molar-refractivity contribution in [3.63, 3.8) is 0 Å². The first-order valence-electron chi connectivity index (χ1n) is 8.91. The molecule has 0 aliphatic heterocycles. The number of methoxy groups -OCH3 is 1. The maximum Gasteiger partial charge on any atom is 0.261 e. The van der Waals surface area contributed by atoms with E-state index in [1.807, 2.05) is 54.6 Å². The predicted octanol–water partition coefficient (Wildman–Crippen LogP) is 5.58. The molecular formula is C23H17ClN2O3. The van der Waals surface area contributed by atoms with Gasteiger partial charge in [-0.2, -0.15) is 0 Å². The van der Waals surface area contributed by atoms with Crippen molar-refractivity contribution in [1.29, 1.82) is 0 Å². The van der Waals surface area contributed by atoms with E-state index in [-0.39, 0.29) is 11.5 Å². The molecule has 0 saturated heterocycles. The highest BCUT2D eigenvalue weighted by atomic mass is 35.5. The Morgan fingerprint density at radius 3 is 2.55 bits per heavy atom. The molecule has 0 aliphatic carbocycles. The van der Waals surface area contributed by atoms with Crippen LogP contribution < -0.4 is 15.6 Å². The number of nitrogens with one attached hydrogen (secondary N) is 1. The molecule has 0 bridgehead atoms. The standard InChI is InChI=1S/C23H17ClN2O3/c1-28-21-12-11-16(24)14-19(21)26-23-18(13-15-7-5-6-10-20(15)29-23)22(27)25-17-8-3-2-4-9-17/h2-14H,1H3,(H,25,27). The van der Waals surface area contributed by atoms with E-state index in [0.29, 0.717) is 33.3 Å². The van der Waals surface area contributed by atoms with Crippen LogP contribution in [0.25, 0.3) is 11.0 Å². The Labute approximate surface area is 172 Å². The molecule has 3 aromatic carbocycles. The Balaban J connectivity index is 1.89. The zero-order chi connectivity index (χ0) is 20.2. The van der Waals surface area contributed by atoms with Gasteiger partial charge in [-0.15, -0.1) is 0 Å². The Morgan fingerprint density at radius 2 is 1.76 bits per heavy atom. The van der Waals surface area contributed by atoms with E-state index in [2.05, 4.69) is 10.3 Å². The molecular weight excluding hydrogens is 388 g/mol. The number of benzene rings is 3. The van der Waals surface area contributed by atoms with Gasteiger partial charge in [0.15, 0.2) is 0 Å². The molecule has 4 aromatic rings. The number of para-hydroxylation sites is 2. The maximum atomic E-state index is 13.0. The summed E-state index contributed by atoms with van der Waals surface area (Å²) >= 11 is 6.12. The Bertz CT molecular complexity index is 1250. The lowest BCUT2D eigenvalue weighted by molar-refractivity contribution is 0.102. The van der Waals surface area contributed by atoms with Crippen molar-refractivity contribution in [1.82, 2.24) is 0 Å². The van der Waals surface area contributed by atoms with E-state index in [9.17, 15) is 4.79 Å². The Hall–Kier alpha value is -3.57. The van der Waals surface area contributed by atoms with Crippen LogP contribution >= 0.6 is 11.6 Å². The molecule has 0 atom stereocenters. The minimum absolute atomic E-state index is 0.165. The van der Waals surface area contributed by atoms with Crippen molar-refractivity contribution in [3.05, 3.63) is 95.0 Å². The number of rotatable bonds is 4. The van der Waals surface area contributed by atoms with Crippen LogP contribution in [-0.4, -0.2) is 13.0 Å². The van der Waals surface area contributed by atoms with Crippen molar-refractivity contribution in [2.75, 3.05) is 12.4 Å². The maximum absolute atomic E-state index is 13.0. The van der Waals surface area contributed by atoms with Crippen molar-refractivity contribution in [2.24, 2.45) is 4.99 Å². The number of hydrogen-bond donors (Lipinski definition) is 1. The molecule has 0 aliphatic rings. The van der Waals surface area contributed by atoms with Crippen molar-refractivity contribution in [3.8, 4) is 5.75 Å². The number of anilines is 1. The van der Waals surface area contributed by atoms with Gasteiger partial charge in [-0.3, -0.25) is 4.79 Å². The number of ether oxygens (including phenoxy) is 1. The quantitative estimate of drug-likeness (QED) is 0.483. The summed E-state index contributed by atoms with van der Waals surface area (Å²) in [5, 5.41) is 4.17. The van der Waals surface area contributed by atoms with Crippen LogP contribution in [0.1, 0.15) is 10.4 Å². The average Bonchev–Trinajstić information content (AvgIpc) is 2.74. The average molecular weight is 405 g/mol. The minimum atomic E-state index is -0.328. The van der Waals surface area contributed by atoms with Gasteiger partial charge in [0.25, 0.3) is 5.91 Å². The molecule has 144 valence electrons. The van der Waals surface area contributed by atoms with Crippen LogP contribution in [0.2, 0.25) is 5.02 Å². The van der Waals surface area contributed by atoms with Gasteiger partial charge >= 0.3 is 0 Å². The lowest BCUT2D eigenvalue weighted by Gasteiger charge is -2.08. The van der Waals surface area contributed by atoms with Gasteiger partial charge in [0.1, 0.15) is 22.6 Å². The SMILES string of the molecule is COc1ccc(Cl)cc1N=c1oc2ccccc2cc1C(=O)Nc1ccccc1. The fourth-order valence-corrected chi connectivity index (χ4v) is 3.06. The molecule has 4 rings (SSSR count). The van der Waals surface area contributed by atoms with E-state index >= 15 is 0 Å². The van der Waals surface area contributed by atoms with Crippen LogP contribution in [0.5, 0.6) is 5.75 Å². The Morgan fingerprint density at radius 1 is 1.00 bits per heavy atom. The minimum Gasteiger partial charge on any atom is -0.494 e. The van der Waals surface area contributed by atoms with Crippen molar-refractivity contribution in [2.45, 2.75) is 0 Å². The van der Waals surface area contributed by atoms with Gasteiger partial charge in [-0.25, -0.2) is 4.99 Å². The lowest BCUT2D eigenvalue weighted by Crippen LogP contribution is -2.21. The normalized spacial score (nSPS) is 11.4. The second kappa shape index (κ2) is 8.20. The number of fused-ring (bicyclic) bond motifs is 1. The summed E-state index contributed by atoms with van der Waals surface area (Å²) in [7, 11) is 1.54. The second-order valence-electron chi connectivity index (χ2n) is 6.25. The fraction of sp³-hybridized carbons (Fsp3) is 0.0435. The number of nitrogens with zero attached hydrogens (tertiary/aromatic N) is 1. The summed E-state index contributed by atoms with van der Waals surface area (Å²) < 4.78 is 11.3. The number of amides is 1. The first-order chi connectivity index (χ1) is 14.1. The molecule has 1 amide bonds. The van der Waals surface area contributed by atoms with Crippen LogP contribution in [0, 0.1) is 0 Å². The van der Waals surface area contributed by atoms with E-state index in [0.717, 1.165) is 5.39 Å². The first kappa shape index (κ1) is 18.8. The summed E-state index contributed by atoms with van der Waals surface area (Å²) in [4.78, 5) is 17.6. The fourth-order valence-electron chi connectivity index (χ4n) is 2.89. The van der Waals surface area contributed by atoms with E-state index < -0.39 is 0 Å². The van der Waals surface area contributed by atoms with E-state index in [1.54, 1.807) is 31.4 Å². The largest absolute Gasteiger partial charge is 0.494 e. The molecule has 29 heavy (non-hydrogen) atoms. The summed E-state index contributed by atoms with van der Waals surface area (Å²) in [5.74, 6) is 0.192. The van der Waals surface area contributed by atoms with E-state index in [4.69, 9.17) is 20.8 Å². The molecule has 0 saturated carbocycles. The third-order valence-electron chi connectivity index (χ3n) is 4.30. The second-order valence-corrected chi connectivity index (χ2v) is 6.69. The molecule has 0 unspecified atom stereocenters. The van der Waals surface area contributed by atoms with Crippen LogP contribution in [0.15, 0.2) is 88.3 Å². The highest BCUT2D eigenvalue weighted by molar-refractivity contribution is 6.30. The van der Waals surface area contributed by atoms with Crippen LogP contribution in [-0.2, 0) is 0 Å². The molecule has 1 aromatic heterocycles. The topological polar surface area (TPSA) is 63.8 Å². The molecule has 0 fully saturated rings. The van der Waals surface area contributed by atoms with Crippen molar-refractivity contribution >= 4 is 39.9 Å². The van der Waals surface area contributed by atoms with Gasteiger partial charge in [0.2, 0.25) is 5.55 Å². The molecule has 1 heterocycles. The monoisotopic (exact) mass is 404 g/mol. The third-order valence-corrected chi connectivity index (χ3v) is 4.53. The third kappa shape index (κ3) is 4.15. The summed E-state index contributed by atoms with van der Waals surface area (Å²) in [6.45, 7) is 0. The van der Waals surface area contributed by atoms with E-state index in [1.165, 1.54) is 0 Å². The molecule has 5 nitrogen and oxygen atoms in total. The Kier molecular flexibility index (Phi) is 5.31. The predicted molar refractivity (Wildman–Crippen MR) is 114 cm³/mol. The van der Waals surface area contributed by atoms with Crippen LogP contribution in [0.4, 0.5) is 11.4 Å². The van der Waals surface area contributed by atoms with Gasteiger partial charge in [0, 0.05) is 16.1 Å². The highest BCUT2D eigenvalue weighted by Crippen LogP contribution is 2.30. The summed E-state index contributed by atoms with van der Waals surface area (Å²) in [6.07, 6.45) is 0. The molecule has 1 N–H and O–H groups in total. The van der Waals surface area contributed by atoms with Gasteiger partial charge in [-0.05, 0) is 42.5 Å². The number of carbonyl (C=O) groups is 1. The van der Waals surface area contributed by atoms with Gasteiger partial charge < -0.3 is 14.5 Å². The number of hydrogen-bond acceptors (Lipinski definition) is 4. The smallest absolute Gasteiger partial charge is 0.261 e. The number of carbonyl (C=O) groups excluding carboxylic acids is 1. The molecule has 0 radical (unpaired) electrons. The lowest BCUT2D eigenvalue weighted by atomic mass is 10.1. The summed E-state index contributed by atoms with van der Waals surface area (Å²) in [6, 6.07) is 23.5. The van der Waals surface area contributed by atoms with Gasteiger partial charge in [0.05, 0.1) is 7.11 Å². The molecule has 0 spiro atoms. The van der Waals surface area contributed by atoms with Crippen molar-refractivity contribution < 1.29 is 13.9 Å². The van der Waals surface area contributed by atoms with Crippen LogP contribution in [0.3, 0.4) is 0 Å². The zero-order valence-electron chi connectivity index (χ0n) is 15.6. The highest BCUT2D eigenvalue weighted by Gasteiger charge is 2.14.